The third kappa shape index (κ3) is 3.86. The smallest absolute Gasteiger partial charge is 0.338 e. The van der Waals surface area contributed by atoms with Gasteiger partial charge in [-0.05, 0) is 6.07 Å². The summed E-state index contributed by atoms with van der Waals surface area (Å²) in [4.78, 5) is 21.9. The fraction of sp³-hybridized carbons (Fsp3) is 0.250. The van der Waals surface area contributed by atoms with Crippen LogP contribution in [0.1, 0.15) is 10.4 Å². The van der Waals surface area contributed by atoms with Crippen molar-refractivity contribution in [1.29, 1.82) is 0 Å². The van der Waals surface area contributed by atoms with E-state index in [1.807, 2.05) is 0 Å². The lowest BCUT2D eigenvalue weighted by atomic mass is 10.3. The Kier molecular flexibility index (Phi) is 5.92. The molecule has 0 aliphatic carbocycles. The number of rotatable bonds is 3. The minimum atomic E-state index is -0.422. The number of hydrogen-bond donors (Lipinski definition) is 2. The van der Waals surface area contributed by atoms with Crippen LogP contribution in [0.25, 0.3) is 0 Å². The van der Waals surface area contributed by atoms with Gasteiger partial charge in [0.25, 0.3) is 0 Å². The zero-order valence-electron chi connectivity index (χ0n) is 7.98. The second kappa shape index (κ2) is 6.39. The molecule has 1 rings (SSSR count). The third-order valence-corrected chi connectivity index (χ3v) is 2.31. The van der Waals surface area contributed by atoms with Crippen LogP contribution in [0, 0.1) is 0 Å². The van der Waals surface area contributed by atoms with Crippen molar-refractivity contribution in [2.75, 3.05) is 19.0 Å². The Morgan fingerprint density at radius 3 is 2.80 bits per heavy atom. The summed E-state index contributed by atoms with van der Waals surface area (Å²) in [6.45, 7) is -0.0779. The number of thiophene rings is 1. The molecule has 1 heterocycles. The summed E-state index contributed by atoms with van der Waals surface area (Å²) in [5.41, 5.74) is 5.53. The molecule has 0 fully saturated rings. The zero-order chi connectivity index (χ0) is 10.6. The van der Waals surface area contributed by atoms with Crippen molar-refractivity contribution in [3.8, 4) is 0 Å². The molecular formula is C8H11ClN2O3S. The Labute approximate surface area is 97.0 Å². The number of nitrogens with one attached hydrogen (secondary N) is 1. The van der Waals surface area contributed by atoms with Crippen molar-refractivity contribution in [2.45, 2.75) is 0 Å². The molecule has 5 nitrogen and oxygen atoms in total. The summed E-state index contributed by atoms with van der Waals surface area (Å²) in [5.74, 6) is -0.710. The van der Waals surface area contributed by atoms with E-state index in [9.17, 15) is 9.59 Å². The summed E-state index contributed by atoms with van der Waals surface area (Å²) in [5, 5.41) is 4.73. The molecule has 0 aliphatic heterocycles. The van der Waals surface area contributed by atoms with Gasteiger partial charge in [-0.15, -0.1) is 23.7 Å². The van der Waals surface area contributed by atoms with E-state index < -0.39 is 5.97 Å². The lowest BCUT2D eigenvalue weighted by Gasteiger charge is -1.97. The number of nitrogens with two attached hydrogens (primary N) is 1. The molecule has 15 heavy (non-hydrogen) atoms. The number of carbonyl (C=O) groups is 2. The van der Waals surface area contributed by atoms with Gasteiger partial charge in [-0.2, -0.15) is 0 Å². The van der Waals surface area contributed by atoms with Gasteiger partial charge in [0, 0.05) is 5.38 Å². The van der Waals surface area contributed by atoms with Crippen molar-refractivity contribution >= 4 is 40.6 Å². The largest absolute Gasteiger partial charge is 0.465 e. The molecule has 1 aromatic rings. The van der Waals surface area contributed by atoms with Gasteiger partial charge >= 0.3 is 5.97 Å². The molecule has 0 radical (unpaired) electrons. The Balaban J connectivity index is 0.00000196. The minimum absolute atomic E-state index is 0. The Bertz CT molecular complexity index is 353. The quantitative estimate of drug-likeness (QED) is 0.780. The van der Waals surface area contributed by atoms with Gasteiger partial charge in [-0.25, -0.2) is 4.79 Å². The van der Waals surface area contributed by atoms with Gasteiger partial charge in [0.2, 0.25) is 5.91 Å². The van der Waals surface area contributed by atoms with E-state index in [2.05, 4.69) is 10.1 Å². The van der Waals surface area contributed by atoms with E-state index in [4.69, 9.17) is 5.73 Å². The Morgan fingerprint density at radius 2 is 2.27 bits per heavy atom. The van der Waals surface area contributed by atoms with E-state index >= 15 is 0 Å². The number of amides is 1. The molecule has 84 valence electrons. The summed E-state index contributed by atoms with van der Waals surface area (Å²) in [6.07, 6.45) is 0. The topological polar surface area (TPSA) is 81.4 Å². The second-order valence-electron chi connectivity index (χ2n) is 2.44. The molecule has 0 aliphatic rings. The highest BCUT2D eigenvalue weighted by Crippen LogP contribution is 2.20. The standard InChI is InChI=1S/C8H10N2O3S.ClH/c1-13-8(12)5-2-7(14-4-5)10-6(11)3-9;/h2,4H,3,9H2,1H3,(H,10,11);1H. The number of methoxy groups -OCH3 is 1. The summed E-state index contributed by atoms with van der Waals surface area (Å²) in [6, 6.07) is 1.55. The molecule has 1 amide bonds. The fourth-order valence-corrected chi connectivity index (χ4v) is 1.60. The Hall–Kier alpha value is -1.11. The molecule has 7 heteroatoms. The number of anilines is 1. The van der Waals surface area contributed by atoms with Crippen LogP contribution in [0.2, 0.25) is 0 Å². The van der Waals surface area contributed by atoms with Crippen LogP contribution in [-0.4, -0.2) is 25.5 Å². The molecule has 0 saturated heterocycles. The number of hydrogen-bond acceptors (Lipinski definition) is 5. The summed E-state index contributed by atoms with van der Waals surface area (Å²) in [7, 11) is 1.30. The molecule has 0 spiro atoms. The van der Waals surface area contributed by atoms with Crippen LogP contribution in [0.15, 0.2) is 11.4 Å². The van der Waals surface area contributed by atoms with Crippen molar-refractivity contribution in [3.05, 3.63) is 17.0 Å². The lowest BCUT2D eigenvalue weighted by Crippen LogP contribution is -2.21. The number of halogens is 1. The molecule has 0 atom stereocenters. The van der Waals surface area contributed by atoms with Gasteiger partial charge < -0.3 is 15.8 Å². The molecule has 3 N–H and O–H groups in total. The molecule has 0 bridgehead atoms. The second-order valence-corrected chi connectivity index (χ2v) is 3.35. The first-order valence-corrected chi connectivity index (χ1v) is 4.72. The average Bonchev–Trinajstić information content (AvgIpc) is 2.65. The highest BCUT2D eigenvalue weighted by Gasteiger charge is 2.09. The van der Waals surface area contributed by atoms with Gasteiger partial charge in [0.05, 0.1) is 24.2 Å². The van der Waals surface area contributed by atoms with Gasteiger partial charge in [-0.1, -0.05) is 0 Å². The molecule has 0 aromatic carbocycles. The van der Waals surface area contributed by atoms with Crippen molar-refractivity contribution in [2.24, 2.45) is 5.73 Å². The Morgan fingerprint density at radius 1 is 1.60 bits per heavy atom. The minimum Gasteiger partial charge on any atom is -0.465 e. The van der Waals surface area contributed by atoms with E-state index in [1.165, 1.54) is 18.4 Å². The number of carbonyl (C=O) groups excluding carboxylic acids is 2. The molecule has 0 unspecified atom stereocenters. The first-order chi connectivity index (χ1) is 6.67. The van der Waals surface area contributed by atoms with Crippen LogP contribution < -0.4 is 11.1 Å². The number of esters is 1. The normalized spacial score (nSPS) is 8.93. The average molecular weight is 251 g/mol. The van der Waals surface area contributed by atoms with Crippen LogP contribution in [0.4, 0.5) is 5.00 Å². The maximum Gasteiger partial charge on any atom is 0.338 e. The van der Waals surface area contributed by atoms with E-state index in [0.29, 0.717) is 10.6 Å². The monoisotopic (exact) mass is 250 g/mol. The third-order valence-electron chi connectivity index (χ3n) is 1.47. The lowest BCUT2D eigenvalue weighted by molar-refractivity contribution is -0.114. The van der Waals surface area contributed by atoms with E-state index in [1.54, 1.807) is 11.4 Å². The maximum absolute atomic E-state index is 11.0. The SMILES string of the molecule is COC(=O)c1csc(NC(=O)CN)c1.Cl. The predicted molar refractivity (Wildman–Crippen MR) is 60.6 cm³/mol. The van der Waals surface area contributed by atoms with Crippen LogP contribution in [0.3, 0.4) is 0 Å². The van der Waals surface area contributed by atoms with Crippen molar-refractivity contribution in [3.63, 3.8) is 0 Å². The van der Waals surface area contributed by atoms with E-state index in [-0.39, 0.29) is 24.9 Å². The van der Waals surface area contributed by atoms with Gasteiger partial charge in [-0.3, -0.25) is 4.79 Å². The summed E-state index contributed by atoms with van der Waals surface area (Å²) >= 11 is 1.25. The first-order valence-electron chi connectivity index (χ1n) is 3.84. The molecule has 1 aromatic heterocycles. The maximum atomic E-state index is 11.0. The van der Waals surface area contributed by atoms with Gasteiger partial charge in [0.1, 0.15) is 0 Å². The highest BCUT2D eigenvalue weighted by molar-refractivity contribution is 7.14. The van der Waals surface area contributed by atoms with E-state index in [0.717, 1.165) is 0 Å². The van der Waals surface area contributed by atoms with Crippen molar-refractivity contribution in [1.82, 2.24) is 0 Å². The van der Waals surface area contributed by atoms with Crippen LogP contribution >= 0.6 is 23.7 Å². The van der Waals surface area contributed by atoms with Crippen molar-refractivity contribution < 1.29 is 14.3 Å². The van der Waals surface area contributed by atoms with Crippen LogP contribution in [-0.2, 0) is 9.53 Å². The number of ether oxygens (including phenoxy) is 1. The highest BCUT2D eigenvalue weighted by atomic mass is 35.5. The molecule has 0 saturated carbocycles. The predicted octanol–water partition coefficient (Wildman–Crippen LogP) is 0.854. The van der Waals surface area contributed by atoms with Crippen LogP contribution in [0.5, 0.6) is 0 Å². The molecular weight excluding hydrogens is 240 g/mol. The first kappa shape index (κ1) is 13.9. The zero-order valence-corrected chi connectivity index (χ0v) is 9.61. The summed E-state index contributed by atoms with van der Waals surface area (Å²) < 4.78 is 4.51. The fourth-order valence-electron chi connectivity index (χ4n) is 0.815. The van der Waals surface area contributed by atoms with Gasteiger partial charge in [0.15, 0.2) is 0 Å².